The number of carboxylic acids is 1. The van der Waals surface area contributed by atoms with E-state index in [2.05, 4.69) is 5.32 Å². The molecular formula is C12H21NO3. The summed E-state index contributed by atoms with van der Waals surface area (Å²) >= 11 is 0. The van der Waals surface area contributed by atoms with Gasteiger partial charge in [0.05, 0.1) is 0 Å². The van der Waals surface area contributed by atoms with E-state index in [9.17, 15) is 9.59 Å². The molecule has 0 heterocycles. The van der Waals surface area contributed by atoms with Crippen LogP contribution in [0.15, 0.2) is 0 Å². The minimum Gasteiger partial charge on any atom is -0.481 e. The molecule has 1 saturated carbocycles. The molecule has 1 aliphatic rings. The van der Waals surface area contributed by atoms with Crippen LogP contribution in [0.25, 0.3) is 0 Å². The Morgan fingerprint density at radius 1 is 1.06 bits per heavy atom. The molecule has 0 saturated heterocycles. The van der Waals surface area contributed by atoms with E-state index in [1.807, 2.05) is 0 Å². The SMILES string of the molecule is O=C(O)CCCC(=O)NC1CCCCCC1. The van der Waals surface area contributed by atoms with Crippen LogP contribution in [0.3, 0.4) is 0 Å². The summed E-state index contributed by atoms with van der Waals surface area (Å²) in [5.74, 6) is -0.824. The van der Waals surface area contributed by atoms with Crippen LogP contribution in [-0.4, -0.2) is 23.0 Å². The highest BCUT2D eigenvalue weighted by molar-refractivity contribution is 5.77. The van der Waals surface area contributed by atoms with Crippen LogP contribution >= 0.6 is 0 Å². The lowest BCUT2D eigenvalue weighted by molar-refractivity contribution is -0.137. The molecule has 0 aromatic heterocycles. The van der Waals surface area contributed by atoms with Gasteiger partial charge < -0.3 is 10.4 Å². The zero-order valence-electron chi connectivity index (χ0n) is 9.71. The zero-order valence-corrected chi connectivity index (χ0v) is 9.71. The largest absolute Gasteiger partial charge is 0.481 e. The standard InChI is InChI=1S/C12H21NO3/c14-11(8-5-9-12(15)16)13-10-6-3-1-2-4-7-10/h10H,1-9H2,(H,13,14)(H,15,16). The summed E-state index contributed by atoms with van der Waals surface area (Å²) in [6.07, 6.45) is 7.93. The van der Waals surface area contributed by atoms with Crippen molar-refractivity contribution in [2.45, 2.75) is 63.8 Å². The summed E-state index contributed by atoms with van der Waals surface area (Å²) in [6.45, 7) is 0. The number of rotatable bonds is 5. The Balaban J connectivity index is 2.14. The monoisotopic (exact) mass is 227 g/mol. The third kappa shape index (κ3) is 5.73. The van der Waals surface area contributed by atoms with E-state index < -0.39 is 5.97 Å². The third-order valence-electron chi connectivity index (χ3n) is 3.01. The highest BCUT2D eigenvalue weighted by Crippen LogP contribution is 2.17. The van der Waals surface area contributed by atoms with Crippen molar-refractivity contribution in [1.82, 2.24) is 5.32 Å². The summed E-state index contributed by atoms with van der Waals surface area (Å²) in [6, 6.07) is 0.319. The van der Waals surface area contributed by atoms with Crippen molar-refractivity contribution in [1.29, 1.82) is 0 Å². The molecule has 1 fully saturated rings. The maximum atomic E-state index is 11.5. The molecule has 0 radical (unpaired) electrons. The molecule has 0 bridgehead atoms. The molecule has 4 nitrogen and oxygen atoms in total. The Bertz CT molecular complexity index is 232. The van der Waals surface area contributed by atoms with E-state index in [0.717, 1.165) is 12.8 Å². The average Bonchev–Trinajstić information content (AvgIpc) is 2.45. The number of nitrogens with one attached hydrogen (secondary N) is 1. The van der Waals surface area contributed by atoms with E-state index in [1.54, 1.807) is 0 Å². The molecule has 4 heteroatoms. The molecule has 0 aliphatic heterocycles. The number of carbonyl (C=O) groups excluding carboxylic acids is 1. The predicted octanol–water partition coefficient (Wildman–Crippen LogP) is 2.08. The lowest BCUT2D eigenvalue weighted by Crippen LogP contribution is -2.34. The van der Waals surface area contributed by atoms with Gasteiger partial charge in [-0.1, -0.05) is 25.7 Å². The van der Waals surface area contributed by atoms with Crippen LogP contribution in [0.5, 0.6) is 0 Å². The van der Waals surface area contributed by atoms with Crippen LogP contribution in [-0.2, 0) is 9.59 Å². The molecular weight excluding hydrogens is 206 g/mol. The van der Waals surface area contributed by atoms with Gasteiger partial charge in [-0.15, -0.1) is 0 Å². The van der Waals surface area contributed by atoms with Crippen molar-refractivity contribution in [2.24, 2.45) is 0 Å². The molecule has 0 aromatic rings. The van der Waals surface area contributed by atoms with Gasteiger partial charge in [0.25, 0.3) is 0 Å². The zero-order chi connectivity index (χ0) is 11.8. The molecule has 2 N–H and O–H groups in total. The molecule has 1 amide bonds. The molecule has 0 unspecified atom stereocenters. The molecule has 16 heavy (non-hydrogen) atoms. The van der Waals surface area contributed by atoms with E-state index >= 15 is 0 Å². The number of hydrogen-bond donors (Lipinski definition) is 2. The van der Waals surface area contributed by atoms with Crippen LogP contribution in [0.4, 0.5) is 0 Å². The van der Waals surface area contributed by atoms with Gasteiger partial charge in [0, 0.05) is 18.9 Å². The fraction of sp³-hybridized carbons (Fsp3) is 0.833. The van der Waals surface area contributed by atoms with Gasteiger partial charge in [-0.3, -0.25) is 9.59 Å². The second kappa shape index (κ2) is 7.25. The van der Waals surface area contributed by atoms with Gasteiger partial charge in [-0.05, 0) is 19.3 Å². The number of amides is 1. The maximum Gasteiger partial charge on any atom is 0.303 e. The minimum absolute atomic E-state index is 0.00755. The summed E-state index contributed by atoms with van der Waals surface area (Å²) in [7, 11) is 0. The molecule has 0 aromatic carbocycles. The average molecular weight is 227 g/mol. The van der Waals surface area contributed by atoms with Gasteiger partial charge in [-0.2, -0.15) is 0 Å². The molecule has 92 valence electrons. The van der Waals surface area contributed by atoms with Crippen molar-refractivity contribution < 1.29 is 14.7 Å². The minimum atomic E-state index is -0.831. The molecule has 0 atom stereocenters. The van der Waals surface area contributed by atoms with Crippen LogP contribution in [0.1, 0.15) is 57.8 Å². The van der Waals surface area contributed by atoms with Gasteiger partial charge >= 0.3 is 5.97 Å². The van der Waals surface area contributed by atoms with Crippen LogP contribution < -0.4 is 5.32 Å². The molecule has 1 aliphatic carbocycles. The van der Waals surface area contributed by atoms with Crippen LogP contribution in [0.2, 0.25) is 0 Å². The first-order valence-electron chi connectivity index (χ1n) is 6.19. The Morgan fingerprint density at radius 3 is 2.25 bits per heavy atom. The van der Waals surface area contributed by atoms with E-state index in [4.69, 9.17) is 5.11 Å². The molecule has 0 spiro atoms. The smallest absolute Gasteiger partial charge is 0.303 e. The van der Waals surface area contributed by atoms with Gasteiger partial charge in [0.15, 0.2) is 0 Å². The predicted molar refractivity (Wildman–Crippen MR) is 61.1 cm³/mol. The van der Waals surface area contributed by atoms with Crippen molar-refractivity contribution in [3.8, 4) is 0 Å². The van der Waals surface area contributed by atoms with E-state index in [0.29, 0.717) is 18.9 Å². The number of carbonyl (C=O) groups is 2. The highest BCUT2D eigenvalue weighted by Gasteiger charge is 2.14. The Hall–Kier alpha value is -1.06. The number of aliphatic carboxylic acids is 1. The van der Waals surface area contributed by atoms with Gasteiger partial charge in [0.2, 0.25) is 5.91 Å². The Kier molecular flexibility index (Phi) is 5.90. The van der Waals surface area contributed by atoms with Crippen LogP contribution in [0, 0.1) is 0 Å². The van der Waals surface area contributed by atoms with E-state index in [1.165, 1.54) is 25.7 Å². The fourth-order valence-corrected chi connectivity index (χ4v) is 2.12. The molecule has 1 rings (SSSR count). The number of hydrogen-bond acceptors (Lipinski definition) is 2. The first kappa shape index (κ1) is 13.0. The van der Waals surface area contributed by atoms with Gasteiger partial charge in [-0.25, -0.2) is 0 Å². The first-order valence-corrected chi connectivity index (χ1v) is 6.19. The number of carboxylic acid groups (broad SMARTS) is 1. The first-order chi connectivity index (χ1) is 7.68. The Morgan fingerprint density at radius 2 is 1.69 bits per heavy atom. The summed E-state index contributed by atoms with van der Waals surface area (Å²) < 4.78 is 0. The second-order valence-corrected chi connectivity index (χ2v) is 4.50. The van der Waals surface area contributed by atoms with Gasteiger partial charge in [0.1, 0.15) is 0 Å². The van der Waals surface area contributed by atoms with Crippen molar-refractivity contribution >= 4 is 11.9 Å². The highest BCUT2D eigenvalue weighted by atomic mass is 16.4. The fourth-order valence-electron chi connectivity index (χ4n) is 2.12. The summed E-state index contributed by atoms with van der Waals surface area (Å²) in [4.78, 5) is 21.8. The normalized spacial score (nSPS) is 17.8. The van der Waals surface area contributed by atoms with Crippen molar-refractivity contribution in [3.05, 3.63) is 0 Å². The third-order valence-corrected chi connectivity index (χ3v) is 3.01. The lowest BCUT2D eigenvalue weighted by Gasteiger charge is -2.15. The summed E-state index contributed by atoms with van der Waals surface area (Å²) in [5, 5.41) is 11.5. The Labute approximate surface area is 96.4 Å². The second-order valence-electron chi connectivity index (χ2n) is 4.50. The summed E-state index contributed by atoms with van der Waals surface area (Å²) in [5.41, 5.74) is 0. The lowest BCUT2D eigenvalue weighted by atomic mass is 10.1. The topological polar surface area (TPSA) is 66.4 Å². The van der Waals surface area contributed by atoms with Crippen molar-refractivity contribution in [3.63, 3.8) is 0 Å². The maximum absolute atomic E-state index is 11.5. The van der Waals surface area contributed by atoms with E-state index in [-0.39, 0.29) is 12.3 Å². The quantitative estimate of drug-likeness (QED) is 0.707. The van der Waals surface area contributed by atoms with Crippen molar-refractivity contribution in [2.75, 3.05) is 0 Å².